The fourth-order valence-electron chi connectivity index (χ4n) is 0.829. The standard InChI is InChI=1S/C7H8ClN3O2/c1-4(9)5-2-6(11(12)13)7(8)10-3-5/h2-4H,9H2,1H3/t4-/m0/s1. The maximum absolute atomic E-state index is 10.4. The molecule has 0 amide bonds. The molecule has 0 bridgehead atoms. The highest BCUT2D eigenvalue weighted by molar-refractivity contribution is 6.31. The van der Waals surface area contributed by atoms with Crippen molar-refractivity contribution < 1.29 is 4.92 Å². The maximum atomic E-state index is 10.4. The molecule has 0 spiro atoms. The van der Waals surface area contributed by atoms with Crippen LogP contribution in [0.5, 0.6) is 0 Å². The van der Waals surface area contributed by atoms with Crippen LogP contribution in [0.3, 0.4) is 0 Å². The molecule has 70 valence electrons. The Bertz CT molecular complexity index is 341. The van der Waals surface area contributed by atoms with Gasteiger partial charge in [-0.25, -0.2) is 4.98 Å². The molecule has 5 nitrogen and oxygen atoms in total. The van der Waals surface area contributed by atoms with Crippen LogP contribution in [-0.2, 0) is 0 Å². The van der Waals surface area contributed by atoms with Crippen LogP contribution in [-0.4, -0.2) is 9.91 Å². The third-order valence-electron chi connectivity index (χ3n) is 1.56. The van der Waals surface area contributed by atoms with Crippen molar-refractivity contribution in [1.29, 1.82) is 0 Å². The van der Waals surface area contributed by atoms with Crippen LogP contribution < -0.4 is 5.73 Å². The van der Waals surface area contributed by atoms with Crippen LogP contribution in [0.1, 0.15) is 18.5 Å². The van der Waals surface area contributed by atoms with Gasteiger partial charge in [0.1, 0.15) is 0 Å². The highest BCUT2D eigenvalue weighted by Crippen LogP contribution is 2.24. The first kappa shape index (κ1) is 9.88. The highest BCUT2D eigenvalue weighted by Gasteiger charge is 2.15. The van der Waals surface area contributed by atoms with Crippen molar-refractivity contribution in [2.75, 3.05) is 0 Å². The van der Waals surface area contributed by atoms with E-state index in [1.165, 1.54) is 12.3 Å². The second-order valence-corrected chi connectivity index (χ2v) is 2.98. The molecule has 0 unspecified atom stereocenters. The maximum Gasteiger partial charge on any atom is 0.306 e. The highest BCUT2D eigenvalue weighted by atomic mass is 35.5. The molecule has 0 aliphatic heterocycles. The lowest BCUT2D eigenvalue weighted by Gasteiger charge is -2.04. The molecule has 0 saturated carbocycles. The van der Waals surface area contributed by atoms with Gasteiger partial charge in [-0.3, -0.25) is 10.1 Å². The van der Waals surface area contributed by atoms with Crippen LogP contribution in [0.25, 0.3) is 0 Å². The third-order valence-corrected chi connectivity index (χ3v) is 1.86. The topological polar surface area (TPSA) is 82.0 Å². The second-order valence-electron chi connectivity index (χ2n) is 2.62. The fourth-order valence-corrected chi connectivity index (χ4v) is 1.00. The van der Waals surface area contributed by atoms with Gasteiger partial charge in [0.2, 0.25) is 5.15 Å². The van der Waals surface area contributed by atoms with Crippen molar-refractivity contribution in [3.8, 4) is 0 Å². The van der Waals surface area contributed by atoms with E-state index in [2.05, 4.69) is 4.98 Å². The lowest BCUT2D eigenvalue weighted by atomic mass is 10.1. The first-order chi connectivity index (χ1) is 6.02. The monoisotopic (exact) mass is 201 g/mol. The molecule has 1 rings (SSSR count). The zero-order chi connectivity index (χ0) is 10.0. The summed E-state index contributed by atoms with van der Waals surface area (Å²) < 4.78 is 0. The van der Waals surface area contributed by atoms with E-state index < -0.39 is 4.92 Å². The predicted molar refractivity (Wildman–Crippen MR) is 48.5 cm³/mol. The van der Waals surface area contributed by atoms with Crippen molar-refractivity contribution in [1.82, 2.24) is 4.98 Å². The van der Waals surface area contributed by atoms with Gasteiger partial charge in [0, 0.05) is 18.3 Å². The van der Waals surface area contributed by atoms with E-state index in [9.17, 15) is 10.1 Å². The lowest BCUT2D eigenvalue weighted by molar-refractivity contribution is -0.385. The number of nitro groups is 1. The fraction of sp³-hybridized carbons (Fsp3) is 0.286. The SMILES string of the molecule is C[C@H](N)c1cnc(Cl)c([N+](=O)[O-])c1. The second kappa shape index (κ2) is 3.68. The van der Waals surface area contributed by atoms with Crippen LogP contribution in [0.15, 0.2) is 12.3 Å². The zero-order valence-electron chi connectivity index (χ0n) is 6.90. The van der Waals surface area contributed by atoms with E-state index in [1.54, 1.807) is 6.92 Å². The number of nitrogens with two attached hydrogens (primary N) is 1. The molecule has 13 heavy (non-hydrogen) atoms. The summed E-state index contributed by atoms with van der Waals surface area (Å²) in [7, 11) is 0. The van der Waals surface area contributed by atoms with E-state index in [4.69, 9.17) is 17.3 Å². The average molecular weight is 202 g/mol. The summed E-state index contributed by atoms with van der Waals surface area (Å²) in [5.74, 6) is 0. The molecule has 0 aromatic carbocycles. The summed E-state index contributed by atoms with van der Waals surface area (Å²) in [5, 5.41) is 10.3. The van der Waals surface area contributed by atoms with Crippen LogP contribution in [0.2, 0.25) is 5.15 Å². The molecule has 1 atom stereocenters. The van der Waals surface area contributed by atoms with Crippen LogP contribution >= 0.6 is 11.6 Å². The van der Waals surface area contributed by atoms with E-state index >= 15 is 0 Å². The Balaban J connectivity index is 3.19. The van der Waals surface area contributed by atoms with Gasteiger partial charge < -0.3 is 5.73 Å². The van der Waals surface area contributed by atoms with Crippen LogP contribution in [0.4, 0.5) is 5.69 Å². The summed E-state index contributed by atoms with van der Waals surface area (Å²) in [5.41, 5.74) is 5.91. The van der Waals surface area contributed by atoms with Crippen LogP contribution in [0, 0.1) is 10.1 Å². The molecule has 6 heteroatoms. The van der Waals surface area contributed by atoms with Crippen molar-refractivity contribution in [2.24, 2.45) is 5.73 Å². The minimum Gasteiger partial charge on any atom is -0.324 e. The summed E-state index contributed by atoms with van der Waals surface area (Å²) in [6.45, 7) is 1.72. The third kappa shape index (κ3) is 2.13. The number of halogens is 1. The predicted octanol–water partition coefficient (Wildman–Crippen LogP) is 1.66. The van der Waals surface area contributed by atoms with Gasteiger partial charge in [0.25, 0.3) is 0 Å². The summed E-state index contributed by atoms with van der Waals surface area (Å²) in [6.07, 6.45) is 1.43. The van der Waals surface area contributed by atoms with Gasteiger partial charge in [-0.15, -0.1) is 0 Å². The Labute approximate surface area is 79.7 Å². The summed E-state index contributed by atoms with van der Waals surface area (Å²) >= 11 is 5.50. The Morgan fingerprint density at radius 3 is 2.85 bits per heavy atom. The molecule has 0 aliphatic carbocycles. The molecule has 0 saturated heterocycles. The quantitative estimate of drug-likeness (QED) is 0.448. The molecule has 0 aliphatic rings. The lowest BCUT2D eigenvalue weighted by Crippen LogP contribution is -2.06. The minimum atomic E-state index is -0.582. The number of hydrogen-bond donors (Lipinski definition) is 1. The molecule has 0 radical (unpaired) electrons. The zero-order valence-corrected chi connectivity index (χ0v) is 7.65. The normalized spacial score (nSPS) is 12.5. The number of rotatable bonds is 2. The molecule has 2 N–H and O–H groups in total. The Hall–Kier alpha value is -1.20. The molecular formula is C7H8ClN3O2. The Morgan fingerprint density at radius 2 is 2.38 bits per heavy atom. The van der Waals surface area contributed by atoms with Gasteiger partial charge in [-0.05, 0) is 12.5 Å². The van der Waals surface area contributed by atoms with Gasteiger partial charge in [-0.2, -0.15) is 0 Å². The van der Waals surface area contributed by atoms with Crippen molar-refractivity contribution in [3.05, 3.63) is 33.1 Å². The van der Waals surface area contributed by atoms with E-state index in [1.807, 2.05) is 0 Å². The van der Waals surface area contributed by atoms with Crippen molar-refractivity contribution >= 4 is 17.3 Å². The van der Waals surface area contributed by atoms with Gasteiger partial charge in [-0.1, -0.05) is 11.6 Å². The summed E-state index contributed by atoms with van der Waals surface area (Å²) in [4.78, 5) is 13.5. The largest absolute Gasteiger partial charge is 0.324 e. The Morgan fingerprint density at radius 1 is 1.77 bits per heavy atom. The Kier molecular flexibility index (Phi) is 2.79. The molecule has 1 aromatic rings. The smallest absolute Gasteiger partial charge is 0.306 e. The van der Waals surface area contributed by atoms with Gasteiger partial charge in [0.15, 0.2) is 0 Å². The van der Waals surface area contributed by atoms with E-state index in [0.29, 0.717) is 5.56 Å². The molecule has 1 aromatic heterocycles. The van der Waals surface area contributed by atoms with Gasteiger partial charge in [0.05, 0.1) is 4.92 Å². The minimum absolute atomic E-state index is 0.116. The van der Waals surface area contributed by atoms with E-state index in [-0.39, 0.29) is 16.9 Å². The van der Waals surface area contributed by atoms with Gasteiger partial charge >= 0.3 is 5.69 Å². The number of pyridine rings is 1. The first-order valence-electron chi connectivity index (χ1n) is 3.57. The van der Waals surface area contributed by atoms with Crippen molar-refractivity contribution in [3.63, 3.8) is 0 Å². The van der Waals surface area contributed by atoms with Crippen molar-refractivity contribution in [2.45, 2.75) is 13.0 Å². The number of aromatic nitrogens is 1. The number of nitrogens with zero attached hydrogens (tertiary/aromatic N) is 2. The molecule has 1 heterocycles. The molecule has 0 fully saturated rings. The average Bonchev–Trinajstić information content (AvgIpc) is 2.04. The summed E-state index contributed by atoms with van der Waals surface area (Å²) in [6, 6.07) is 1.04. The van der Waals surface area contributed by atoms with E-state index in [0.717, 1.165) is 0 Å². The molecular weight excluding hydrogens is 194 g/mol. The first-order valence-corrected chi connectivity index (χ1v) is 3.95. The number of hydrogen-bond acceptors (Lipinski definition) is 4.